The highest BCUT2D eigenvalue weighted by atomic mass is 79.9. The van der Waals surface area contributed by atoms with Crippen molar-refractivity contribution in [1.29, 1.82) is 0 Å². The van der Waals surface area contributed by atoms with E-state index in [1.807, 2.05) is 6.07 Å². The van der Waals surface area contributed by atoms with Gasteiger partial charge in [0.25, 0.3) is 0 Å². The Balaban J connectivity index is 2.67. The fraction of sp³-hybridized carbons (Fsp3) is 0.455. The third-order valence-corrected chi connectivity index (χ3v) is 2.68. The van der Waals surface area contributed by atoms with E-state index in [9.17, 15) is 0 Å². The summed E-state index contributed by atoms with van der Waals surface area (Å²) in [4.78, 5) is 0. The molecule has 0 fully saturated rings. The van der Waals surface area contributed by atoms with Crippen LogP contribution in [0.1, 0.15) is 18.9 Å². The zero-order valence-electron chi connectivity index (χ0n) is 8.68. The molecule has 0 radical (unpaired) electrons. The van der Waals surface area contributed by atoms with Crippen molar-refractivity contribution in [2.75, 3.05) is 11.9 Å². The van der Waals surface area contributed by atoms with Crippen LogP contribution in [-0.2, 0) is 0 Å². The lowest BCUT2D eigenvalue weighted by Gasteiger charge is -2.16. The molecule has 1 aromatic carbocycles. The molecule has 0 heterocycles. The van der Waals surface area contributed by atoms with Gasteiger partial charge in [-0.25, -0.2) is 0 Å². The third-order valence-electron chi connectivity index (χ3n) is 2.19. The number of hydrogen-bond donors (Lipinski definition) is 2. The van der Waals surface area contributed by atoms with Gasteiger partial charge in [0.2, 0.25) is 0 Å². The molecular formula is C11H17BrN2. The molecule has 1 rings (SSSR count). The van der Waals surface area contributed by atoms with Crippen LogP contribution in [0.5, 0.6) is 0 Å². The summed E-state index contributed by atoms with van der Waals surface area (Å²) in [6.45, 7) is 4.97. The van der Waals surface area contributed by atoms with E-state index < -0.39 is 0 Å². The number of halogens is 1. The monoisotopic (exact) mass is 256 g/mol. The predicted molar refractivity (Wildman–Crippen MR) is 65.6 cm³/mol. The Bertz CT molecular complexity index is 299. The molecule has 0 amide bonds. The third kappa shape index (κ3) is 3.31. The van der Waals surface area contributed by atoms with E-state index in [0.29, 0.717) is 6.04 Å². The molecule has 1 unspecified atom stereocenters. The quantitative estimate of drug-likeness (QED) is 0.870. The molecule has 0 aliphatic heterocycles. The molecule has 0 saturated heterocycles. The van der Waals surface area contributed by atoms with E-state index in [0.717, 1.165) is 17.4 Å². The van der Waals surface area contributed by atoms with Crippen molar-refractivity contribution in [2.24, 2.45) is 5.73 Å². The lowest BCUT2D eigenvalue weighted by Crippen LogP contribution is -2.19. The molecule has 0 bridgehead atoms. The van der Waals surface area contributed by atoms with Gasteiger partial charge in [0.1, 0.15) is 0 Å². The predicted octanol–water partition coefficient (Wildman–Crippen LogP) is 2.91. The van der Waals surface area contributed by atoms with Crippen LogP contribution >= 0.6 is 15.9 Å². The van der Waals surface area contributed by atoms with Crippen LogP contribution in [0.25, 0.3) is 0 Å². The van der Waals surface area contributed by atoms with E-state index in [-0.39, 0.29) is 0 Å². The molecule has 1 atom stereocenters. The molecule has 0 aliphatic rings. The van der Waals surface area contributed by atoms with Crippen molar-refractivity contribution in [3.05, 3.63) is 28.2 Å². The van der Waals surface area contributed by atoms with Crippen LogP contribution in [0.2, 0.25) is 0 Å². The lowest BCUT2D eigenvalue weighted by molar-refractivity contribution is 0.716. The first-order valence-electron chi connectivity index (χ1n) is 4.86. The molecule has 0 saturated carbocycles. The number of nitrogens with two attached hydrogens (primary N) is 1. The second kappa shape index (κ2) is 5.37. The molecule has 3 heteroatoms. The zero-order valence-corrected chi connectivity index (χ0v) is 10.3. The Morgan fingerprint density at radius 1 is 1.50 bits per heavy atom. The van der Waals surface area contributed by atoms with E-state index in [1.165, 1.54) is 11.3 Å². The van der Waals surface area contributed by atoms with Crippen molar-refractivity contribution in [1.82, 2.24) is 0 Å². The normalized spacial score (nSPS) is 12.6. The average Bonchev–Trinajstić information content (AvgIpc) is 2.10. The summed E-state index contributed by atoms with van der Waals surface area (Å²) in [6, 6.07) is 6.67. The number of nitrogens with one attached hydrogen (secondary N) is 1. The van der Waals surface area contributed by atoms with Crippen LogP contribution in [-0.4, -0.2) is 12.6 Å². The Morgan fingerprint density at radius 3 is 2.79 bits per heavy atom. The largest absolute Gasteiger partial charge is 0.382 e. The first-order valence-corrected chi connectivity index (χ1v) is 5.65. The lowest BCUT2D eigenvalue weighted by atomic mass is 10.1. The van der Waals surface area contributed by atoms with Gasteiger partial charge in [-0.3, -0.25) is 0 Å². The smallest absolute Gasteiger partial charge is 0.0372 e. The van der Waals surface area contributed by atoms with Crippen LogP contribution in [0.3, 0.4) is 0 Å². The highest BCUT2D eigenvalue weighted by Crippen LogP contribution is 2.20. The van der Waals surface area contributed by atoms with E-state index >= 15 is 0 Å². The summed E-state index contributed by atoms with van der Waals surface area (Å²) in [5.41, 5.74) is 7.94. The fourth-order valence-electron chi connectivity index (χ4n) is 1.38. The van der Waals surface area contributed by atoms with Gasteiger partial charge < -0.3 is 11.1 Å². The van der Waals surface area contributed by atoms with Crippen molar-refractivity contribution in [3.63, 3.8) is 0 Å². The van der Waals surface area contributed by atoms with Crippen molar-refractivity contribution >= 4 is 21.6 Å². The van der Waals surface area contributed by atoms with Gasteiger partial charge in [-0.1, -0.05) is 15.9 Å². The van der Waals surface area contributed by atoms with Crippen molar-refractivity contribution < 1.29 is 0 Å². The number of benzene rings is 1. The second-order valence-corrected chi connectivity index (χ2v) is 4.50. The minimum absolute atomic E-state index is 0.430. The molecule has 2 nitrogen and oxygen atoms in total. The molecule has 1 aromatic rings. The van der Waals surface area contributed by atoms with E-state index in [2.05, 4.69) is 47.2 Å². The van der Waals surface area contributed by atoms with E-state index in [4.69, 9.17) is 5.73 Å². The van der Waals surface area contributed by atoms with Crippen molar-refractivity contribution in [3.8, 4) is 0 Å². The number of hydrogen-bond acceptors (Lipinski definition) is 2. The Hall–Kier alpha value is -0.540. The minimum atomic E-state index is 0.430. The van der Waals surface area contributed by atoms with E-state index in [1.54, 1.807) is 0 Å². The van der Waals surface area contributed by atoms with Crippen molar-refractivity contribution in [2.45, 2.75) is 26.3 Å². The van der Waals surface area contributed by atoms with Crippen LogP contribution in [0.4, 0.5) is 5.69 Å². The standard InChI is InChI=1S/C11H17BrN2/c1-8-7-10(12)3-4-11(8)14-9(2)5-6-13/h3-4,7,9,14H,5-6,13H2,1-2H3. The first-order chi connectivity index (χ1) is 6.63. The molecule has 78 valence electrons. The van der Waals surface area contributed by atoms with Crippen LogP contribution in [0, 0.1) is 6.92 Å². The van der Waals surface area contributed by atoms with Gasteiger partial charge in [0.05, 0.1) is 0 Å². The summed E-state index contributed by atoms with van der Waals surface area (Å²) in [5, 5.41) is 3.44. The Labute approximate surface area is 94.0 Å². The number of rotatable bonds is 4. The summed E-state index contributed by atoms with van der Waals surface area (Å²) >= 11 is 3.45. The maximum Gasteiger partial charge on any atom is 0.0372 e. The summed E-state index contributed by atoms with van der Waals surface area (Å²) in [5.74, 6) is 0. The highest BCUT2D eigenvalue weighted by Gasteiger charge is 2.03. The van der Waals surface area contributed by atoms with Gasteiger partial charge in [0.15, 0.2) is 0 Å². The molecule has 0 spiro atoms. The average molecular weight is 257 g/mol. The minimum Gasteiger partial charge on any atom is -0.382 e. The molecule has 3 N–H and O–H groups in total. The number of aryl methyl sites for hydroxylation is 1. The first kappa shape index (κ1) is 11.5. The Morgan fingerprint density at radius 2 is 2.21 bits per heavy atom. The molecule has 0 aromatic heterocycles. The van der Waals surface area contributed by atoms with Gasteiger partial charge in [-0.05, 0) is 50.6 Å². The summed E-state index contributed by atoms with van der Waals surface area (Å²) < 4.78 is 1.12. The topological polar surface area (TPSA) is 38.0 Å². The van der Waals surface area contributed by atoms with Gasteiger partial charge in [-0.15, -0.1) is 0 Å². The molecule has 14 heavy (non-hydrogen) atoms. The fourth-order valence-corrected chi connectivity index (χ4v) is 1.85. The SMILES string of the molecule is Cc1cc(Br)ccc1NC(C)CCN. The van der Waals surface area contributed by atoms with Crippen LogP contribution in [0.15, 0.2) is 22.7 Å². The van der Waals surface area contributed by atoms with Gasteiger partial charge in [-0.2, -0.15) is 0 Å². The maximum atomic E-state index is 5.50. The summed E-state index contributed by atoms with van der Waals surface area (Å²) in [7, 11) is 0. The second-order valence-electron chi connectivity index (χ2n) is 3.58. The summed E-state index contributed by atoms with van der Waals surface area (Å²) in [6.07, 6.45) is 0.996. The van der Waals surface area contributed by atoms with Gasteiger partial charge >= 0.3 is 0 Å². The Kier molecular flexibility index (Phi) is 4.42. The van der Waals surface area contributed by atoms with Gasteiger partial charge in [0, 0.05) is 16.2 Å². The molecule has 0 aliphatic carbocycles. The number of anilines is 1. The molecular weight excluding hydrogens is 240 g/mol. The zero-order chi connectivity index (χ0) is 10.6. The van der Waals surface area contributed by atoms with Crippen LogP contribution < -0.4 is 11.1 Å². The maximum absolute atomic E-state index is 5.50. The highest BCUT2D eigenvalue weighted by molar-refractivity contribution is 9.10.